The minimum atomic E-state index is -0.110. The Kier molecular flexibility index (Phi) is 4.31. The summed E-state index contributed by atoms with van der Waals surface area (Å²) < 4.78 is 0.971. The first-order chi connectivity index (χ1) is 10.1. The number of aromatic nitrogens is 1. The van der Waals surface area contributed by atoms with Gasteiger partial charge in [0.2, 0.25) is 5.91 Å². The van der Waals surface area contributed by atoms with Crippen LogP contribution in [0.25, 0.3) is 0 Å². The van der Waals surface area contributed by atoms with E-state index >= 15 is 0 Å². The number of rotatable bonds is 3. The van der Waals surface area contributed by atoms with E-state index in [0.29, 0.717) is 0 Å². The summed E-state index contributed by atoms with van der Waals surface area (Å²) in [5, 5.41) is 1.91. The molecule has 2 aromatic rings. The second kappa shape index (κ2) is 6.20. The highest BCUT2D eigenvalue weighted by molar-refractivity contribution is 8.02. The van der Waals surface area contributed by atoms with Crippen molar-refractivity contribution in [3.8, 4) is 0 Å². The Morgan fingerprint density at radius 3 is 3.00 bits per heavy atom. The summed E-state index contributed by atoms with van der Waals surface area (Å²) in [6, 6.07) is 8.23. The summed E-state index contributed by atoms with van der Waals surface area (Å²) in [4.78, 5) is 19.1. The molecule has 21 heavy (non-hydrogen) atoms. The first kappa shape index (κ1) is 14.6. The van der Waals surface area contributed by atoms with Gasteiger partial charge in [-0.15, -0.1) is 11.3 Å². The van der Waals surface area contributed by atoms with Crippen molar-refractivity contribution in [3.05, 3.63) is 40.9 Å². The molecule has 0 spiro atoms. The number of hydrogen-bond acceptors (Lipinski definition) is 4. The lowest BCUT2D eigenvalue weighted by atomic mass is 10.0. The van der Waals surface area contributed by atoms with Crippen LogP contribution in [0, 0.1) is 6.92 Å². The van der Waals surface area contributed by atoms with E-state index in [9.17, 15) is 4.79 Å². The van der Waals surface area contributed by atoms with Crippen molar-refractivity contribution in [2.45, 2.75) is 36.3 Å². The van der Waals surface area contributed by atoms with Crippen molar-refractivity contribution >= 4 is 34.7 Å². The first-order valence-corrected chi connectivity index (χ1v) is 8.89. The van der Waals surface area contributed by atoms with Crippen molar-refractivity contribution < 1.29 is 4.79 Å². The van der Waals surface area contributed by atoms with Crippen molar-refractivity contribution in [1.82, 2.24) is 4.98 Å². The lowest BCUT2D eigenvalue weighted by Gasteiger charge is -2.31. The highest BCUT2D eigenvalue weighted by Gasteiger charge is 2.27. The van der Waals surface area contributed by atoms with Crippen molar-refractivity contribution in [1.29, 1.82) is 0 Å². The number of para-hydroxylation sites is 1. The second-order valence-electron chi connectivity index (χ2n) is 5.24. The summed E-state index contributed by atoms with van der Waals surface area (Å²) in [7, 11) is 0. The zero-order chi connectivity index (χ0) is 14.8. The van der Waals surface area contributed by atoms with Crippen LogP contribution >= 0.6 is 23.1 Å². The Bertz CT molecular complexity index is 653. The summed E-state index contributed by atoms with van der Waals surface area (Å²) >= 11 is 3.17. The van der Waals surface area contributed by atoms with Gasteiger partial charge in [-0.1, -0.05) is 30.0 Å². The Morgan fingerprint density at radius 2 is 2.24 bits per heavy atom. The Morgan fingerprint density at radius 1 is 1.43 bits per heavy atom. The third-order valence-electron chi connectivity index (χ3n) is 3.60. The van der Waals surface area contributed by atoms with Crippen LogP contribution in [0.2, 0.25) is 0 Å². The van der Waals surface area contributed by atoms with E-state index in [2.05, 4.69) is 17.1 Å². The molecule has 3 rings (SSSR count). The Labute approximate surface area is 133 Å². The van der Waals surface area contributed by atoms with Crippen LogP contribution in [-0.2, 0) is 11.2 Å². The van der Waals surface area contributed by atoms with Gasteiger partial charge in [0.25, 0.3) is 0 Å². The number of thiazole rings is 1. The van der Waals surface area contributed by atoms with Crippen LogP contribution in [0.15, 0.2) is 34.0 Å². The van der Waals surface area contributed by atoms with Gasteiger partial charge in [0.05, 0.1) is 5.25 Å². The molecule has 110 valence electrons. The fourth-order valence-electron chi connectivity index (χ4n) is 2.57. The first-order valence-electron chi connectivity index (χ1n) is 7.13. The van der Waals surface area contributed by atoms with E-state index in [-0.39, 0.29) is 11.2 Å². The quantitative estimate of drug-likeness (QED) is 0.805. The molecule has 1 aliphatic heterocycles. The minimum Gasteiger partial charge on any atom is -0.311 e. The molecule has 0 bridgehead atoms. The number of nitrogens with zero attached hydrogens (tertiary/aromatic N) is 2. The third kappa shape index (κ3) is 3.14. The predicted octanol–water partition coefficient (Wildman–Crippen LogP) is 3.91. The molecule has 0 unspecified atom stereocenters. The number of thioether (sulfide) groups is 1. The number of aryl methyl sites for hydroxylation is 2. The van der Waals surface area contributed by atoms with E-state index in [0.717, 1.165) is 35.1 Å². The van der Waals surface area contributed by atoms with E-state index in [1.54, 1.807) is 23.1 Å². The maximum absolute atomic E-state index is 12.8. The van der Waals surface area contributed by atoms with E-state index < -0.39 is 0 Å². The highest BCUT2D eigenvalue weighted by Crippen LogP contribution is 2.32. The highest BCUT2D eigenvalue weighted by atomic mass is 32.2. The van der Waals surface area contributed by atoms with Crippen LogP contribution in [0.4, 0.5) is 5.69 Å². The molecular weight excluding hydrogens is 300 g/mol. The molecule has 1 aliphatic rings. The standard InChI is InChI=1S/C16H18N2OS2/c1-11-10-20-16(17-11)21-12(2)15(19)18-9-5-7-13-6-3-4-8-14(13)18/h3-4,6,8,10,12H,5,7,9H2,1-2H3/t12-/m0/s1. The number of carbonyl (C=O) groups is 1. The van der Waals surface area contributed by atoms with Crippen LogP contribution in [0.1, 0.15) is 24.6 Å². The predicted molar refractivity (Wildman–Crippen MR) is 89.3 cm³/mol. The molecule has 5 heteroatoms. The lowest BCUT2D eigenvalue weighted by Crippen LogP contribution is -2.40. The van der Waals surface area contributed by atoms with Gasteiger partial charge in [0, 0.05) is 23.3 Å². The van der Waals surface area contributed by atoms with Crippen molar-refractivity contribution in [2.75, 3.05) is 11.4 Å². The molecule has 1 aromatic heterocycles. The molecule has 0 radical (unpaired) electrons. The topological polar surface area (TPSA) is 33.2 Å². The summed E-state index contributed by atoms with van der Waals surface area (Å²) in [5.74, 6) is 0.181. The molecule has 3 nitrogen and oxygen atoms in total. The van der Waals surface area contributed by atoms with Gasteiger partial charge < -0.3 is 4.90 Å². The largest absolute Gasteiger partial charge is 0.311 e. The van der Waals surface area contributed by atoms with E-state index in [1.807, 2.05) is 36.3 Å². The number of carbonyl (C=O) groups excluding carboxylic acids is 1. The second-order valence-corrected chi connectivity index (χ2v) is 7.68. The molecule has 0 aliphatic carbocycles. The van der Waals surface area contributed by atoms with Gasteiger partial charge >= 0.3 is 0 Å². The lowest BCUT2D eigenvalue weighted by molar-refractivity contribution is -0.117. The minimum absolute atomic E-state index is 0.110. The van der Waals surface area contributed by atoms with Crippen molar-refractivity contribution in [2.24, 2.45) is 0 Å². The number of hydrogen-bond donors (Lipinski definition) is 0. The fourth-order valence-corrected chi connectivity index (χ4v) is 4.62. The maximum Gasteiger partial charge on any atom is 0.240 e. The third-order valence-corrected chi connectivity index (χ3v) is 5.78. The fraction of sp³-hybridized carbons (Fsp3) is 0.375. The van der Waals surface area contributed by atoms with Crippen LogP contribution in [0.5, 0.6) is 0 Å². The normalized spacial score (nSPS) is 15.6. The van der Waals surface area contributed by atoms with Gasteiger partial charge in [-0.25, -0.2) is 4.98 Å². The molecule has 1 atom stereocenters. The van der Waals surface area contributed by atoms with Crippen LogP contribution < -0.4 is 4.90 Å². The average molecular weight is 318 g/mol. The maximum atomic E-state index is 12.8. The van der Waals surface area contributed by atoms with Gasteiger partial charge in [0.1, 0.15) is 0 Å². The SMILES string of the molecule is Cc1csc(S[C@@H](C)C(=O)N2CCCc3ccccc32)n1. The number of anilines is 1. The molecule has 0 saturated carbocycles. The summed E-state index contributed by atoms with van der Waals surface area (Å²) in [5.41, 5.74) is 3.38. The number of benzene rings is 1. The number of fused-ring (bicyclic) bond motifs is 1. The summed E-state index contributed by atoms with van der Waals surface area (Å²) in [6.07, 6.45) is 2.10. The van der Waals surface area contributed by atoms with Gasteiger partial charge in [-0.2, -0.15) is 0 Å². The Hall–Kier alpha value is -1.33. The zero-order valence-electron chi connectivity index (χ0n) is 12.2. The average Bonchev–Trinajstić information content (AvgIpc) is 2.91. The molecule has 0 N–H and O–H groups in total. The van der Waals surface area contributed by atoms with Crippen LogP contribution in [-0.4, -0.2) is 22.7 Å². The monoisotopic (exact) mass is 318 g/mol. The molecule has 0 saturated heterocycles. The van der Waals surface area contributed by atoms with Crippen molar-refractivity contribution in [3.63, 3.8) is 0 Å². The molecule has 0 fully saturated rings. The van der Waals surface area contributed by atoms with Gasteiger partial charge in [-0.3, -0.25) is 4.79 Å². The van der Waals surface area contributed by atoms with Gasteiger partial charge in [0.15, 0.2) is 4.34 Å². The summed E-state index contributed by atoms with van der Waals surface area (Å²) in [6.45, 7) is 4.77. The van der Waals surface area contributed by atoms with Gasteiger partial charge in [-0.05, 0) is 38.3 Å². The van der Waals surface area contributed by atoms with Crippen LogP contribution in [0.3, 0.4) is 0 Å². The number of amides is 1. The smallest absolute Gasteiger partial charge is 0.240 e. The molecule has 1 aromatic carbocycles. The molecular formula is C16H18N2OS2. The molecule has 2 heterocycles. The van der Waals surface area contributed by atoms with E-state index in [4.69, 9.17) is 0 Å². The van der Waals surface area contributed by atoms with E-state index in [1.165, 1.54) is 5.56 Å². The molecule has 1 amide bonds. The Balaban J connectivity index is 1.76. The zero-order valence-corrected chi connectivity index (χ0v) is 13.8.